The number of carbonyl (C=O) groups is 2. The van der Waals surface area contributed by atoms with Gasteiger partial charge in [0.15, 0.2) is 0 Å². The molecule has 0 aromatic carbocycles. The third-order valence-corrected chi connectivity index (χ3v) is 3.03. The molecule has 1 atom stereocenters. The van der Waals surface area contributed by atoms with Gasteiger partial charge in [0.2, 0.25) is 5.78 Å². The molecule has 3 rings (SSSR count). The van der Waals surface area contributed by atoms with E-state index in [1.54, 1.807) is 0 Å². The normalized spacial score (nSPS) is 29.4. The van der Waals surface area contributed by atoms with Crippen LogP contribution in [0.25, 0.3) is 0 Å². The van der Waals surface area contributed by atoms with Crippen molar-refractivity contribution in [1.82, 2.24) is 10.6 Å². The van der Waals surface area contributed by atoms with Crippen molar-refractivity contribution in [2.75, 3.05) is 6.54 Å². The summed E-state index contributed by atoms with van der Waals surface area (Å²) in [5.41, 5.74) is 3.18. The summed E-state index contributed by atoms with van der Waals surface area (Å²) < 4.78 is 0. The first-order valence-electron chi connectivity index (χ1n) is 4.78. The largest absolute Gasteiger partial charge is 0.388 e. The van der Waals surface area contributed by atoms with Crippen LogP contribution < -0.4 is 10.6 Å². The highest BCUT2D eigenvalue weighted by Gasteiger charge is 2.40. The molecule has 0 saturated carbocycles. The topological polar surface area (TPSA) is 58.2 Å². The minimum Gasteiger partial charge on any atom is -0.388 e. The molecule has 2 N–H and O–H groups in total. The lowest BCUT2D eigenvalue weighted by atomic mass is 9.90. The van der Waals surface area contributed by atoms with Crippen molar-refractivity contribution >= 4 is 11.7 Å². The van der Waals surface area contributed by atoms with E-state index in [1.807, 2.05) is 6.08 Å². The van der Waals surface area contributed by atoms with Gasteiger partial charge in [-0.2, -0.15) is 0 Å². The highest BCUT2D eigenvalue weighted by molar-refractivity contribution is 6.40. The van der Waals surface area contributed by atoms with Crippen molar-refractivity contribution in [2.24, 2.45) is 5.92 Å². The zero-order chi connectivity index (χ0) is 9.71. The highest BCUT2D eigenvalue weighted by Crippen LogP contribution is 2.33. The van der Waals surface area contributed by atoms with E-state index in [4.69, 9.17) is 0 Å². The van der Waals surface area contributed by atoms with Crippen molar-refractivity contribution in [2.45, 2.75) is 12.8 Å². The monoisotopic (exact) mass is 190 g/mol. The van der Waals surface area contributed by atoms with Crippen LogP contribution in [0.5, 0.6) is 0 Å². The summed E-state index contributed by atoms with van der Waals surface area (Å²) in [5, 5.41) is 5.88. The van der Waals surface area contributed by atoms with Gasteiger partial charge in [0.05, 0.1) is 5.92 Å². The average molecular weight is 190 g/mol. The molecule has 0 radical (unpaired) electrons. The van der Waals surface area contributed by atoms with Gasteiger partial charge in [-0.05, 0) is 18.1 Å². The van der Waals surface area contributed by atoms with Crippen LogP contribution in [-0.4, -0.2) is 18.2 Å². The molecule has 2 aliphatic heterocycles. The van der Waals surface area contributed by atoms with E-state index in [-0.39, 0.29) is 11.7 Å². The Bertz CT molecular complexity index is 406. The van der Waals surface area contributed by atoms with E-state index in [9.17, 15) is 9.59 Å². The van der Waals surface area contributed by atoms with Gasteiger partial charge in [0.1, 0.15) is 0 Å². The maximum Gasteiger partial charge on any atom is 0.292 e. The van der Waals surface area contributed by atoms with Gasteiger partial charge in [-0.1, -0.05) is 0 Å². The molecule has 0 aromatic rings. The maximum atomic E-state index is 11.4. The Morgan fingerprint density at radius 1 is 1.36 bits per heavy atom. The molecule has 4 heteroatoms. The van der Waals surface area contributed by atoms with Crippen molar-refractivity contribution in [3.05, 3.63) is 23.0 Å². The molecule has 1 aliphatic carbocycles. The van der Waals surface area contributed by atoms with Crippen LogP contribution in [0.15, 0.2) is 23.0 Å². The fourth-order valence-corrected chi connectivity index (χ4v) is 2.29. The number of nitrogens with one attached hydrogen (secondary N) is 2. The van der Waals surface area contributed by atoms with E-state index in [2.05, 4.69) is 10.6 Å². The number of hydrogen-bond acceptors (Lipinski definition) is 3. The van der Waals surface area contributed by atoms with Crippen molar-refractivity contribution in [1.29, 1.82) is 0 Å². The quantitative estimate of drug-likeness (QED) is 0.522. The standard InChI is InChI=1S/C10H10N2O2/c13-9-6-4-7-5(1-2-11-7)3-8(6)12-10(9)14/h3,6,11H,1-2,4H2,(H,12,14). The SMILES string of the molecule is O=C1NC2=CC3=C(CC2C1=O)NCC3. The van der Waals surface area contributed by atoms with Gasteiger partial charge < -0.3 is 10.6 Å². The molecule has 1 unspecified atom stereocenters. The number of carbonyl (C=O) groups excluding carboxylic acids is 2. The first-order valence-corrected chi connectivity index (χ1v) is 4.78. The number of ketones is 1. The van der Waals surface area contributed by atoms with Gasteiger partial charge in [-0.15, -0.1) is 0 Å². The third-order valence-electron chi connectivity index (χ3n) is 3.03. The van der Waals surface area contributed by atoms with Crippen LogP contribution >= 0.6 is 0 Å². The Morgan fingerprint density at radius 3 is 3.07 bits per heavy atom. The smallest absolute Gasteiger partial charge is 0.292 e. The lowest BCUT2D eigenvalue weighted by Gasteiger charge is -2.16. The maximum absolute atomic E-state index is 11.4. The molecule has 72 valence electrons. The van der Waals surface area contributed by atoms with Crippen LogP contribution in [0.2, 0.25) is 0 Å². The lowest BCUT2D eigenvalue weighted by molar-refractivity contribution is -0.136. The van der Waals surface area contributed by atoms with Crippen molar-refractivity contribution in [3.63, 3.8) is 0 Å². The van der Waals surface area contributed by atoms with Crippen LogP contribution in [0.4, 0.5) is 0 Å². The fraction of sp³-hybridized carbons (Fsp3) is 0.400. The second kappa shape index (κ2) is 2.47. The van der Waals surface area contributed by atoms with E-state index >= 15 is 0 Å². The fourth-order valence-electron chi connectivity index (χ4n) is 2.29. The second-order valence-corrected chi connectivity index (χ2v) is 3.86. The number of Topliss-reactive ketones (excluding diaryl/α,β-unsaturated/α-hetero) is 1. The molecule has 0 spiro atoms. The van der Waals surface area contributed by atoms with E-state index in [1.165, 1.54) is 5.57 Å². The number of rotatable bonds is 0. The van der Waals surface area contributed by atoms with E-state index in [0.717, 1.165) is 24.4 Å². The molecule has 3 aliphatic rings. The summed E-state index contributed by atoms with van der Waals surface area (Å²) in [6.07, 6.45) is 3.61. The lowest BCUT2D eigenvalue weighted by Crippen LogP contribution is -2.20. The molecule has 4 nitrogen and oxygen atoms in total. The number of amides is 1. The summed E-state index contributed by atoms with van der Waals surface area (Å²) in [6, 6.07) is 0. The van der Waals surface area contributed by atoms with Gasteiger partial charge in [-0.3, -0.25) is 9.59 Å². The summed E-state index contributed by atoms with van der Waals surface area (Å²) in [4.78, 5) is 22.5. The zero-order valence-electron chi connectivity index (χ0n) is 7.59. The molecule has 1 saturated heterocycles. The number of allylic oxidation sites excluding steroid dienone is 3. The zero-order valence-corrected chi connectivity index (χ0v) is 7.59. The molecule has 0 aromatic heterocycles. The van der Waals surface area contributed by atoms with Gasteiger partial charge in [0.25, 0.3) is 5.91 Å². The van der Waals surface area contributed by atoms with Crippen LogP contribution in [0.1, 0.15) is 12.8 Å². The summed E-state index contributed by atoms with van der Waals surface area (Å²) in [7, 11) is 0. The summed E-state index contributed by atoms with van der Waals surface area (Å²) in [6.45, 7) is 0.948. The number of fused-ring (bicyclic) bond motifs is 1. The Hall–Kier alpha value is -1.58. The van der Waals surface area contributed by atoms with Gasteiger partial charge in [0, 0.05) is 24.4 Å². The van der Waals surface area contributed by atoms with Crippen LogP contribution in [0, 0.1) is 5.92 Å². The number of hydrogen-bond donors (Lipinski definition) is 2. The predicted octanol–water partition coefficient (Wildman–Crippen LogP) is -0.163. The summed E-state index contributed by atoms with van der Waals surface area (Å²) >= 11 is 0. The summed E-state index contributed by atoms with van der Waals surface area (Å²) in [5.74, 6) is -0.995. The van der Waals surface area contributed by atoms with Crippen LogP contribution in [0.3, 0.4) is 0 Å². The van der Waals surface area contributed by atoms with Crippen molar-refractivity contribution in [3.8, 4) is 0 Å². The Balaban J connectivity index is 2.01. The minimum atomic E-state index is -0.456. The minimum absolute atomic E-state index is 0.244. The molecular weight excluding hydrogens is 180 g/mol. The molecule has 1 fully saturated rings. The van der Waals surface area contributed by atoms with Crippen molar-refractivity contribution < 1.29 is 9.59 Å². The average Bonchev–Trinajstić information content (AvgIpc) is 2.70. The van der Waals surface area contributed by atoms with Crippen LogP contribution in [-0.2, 0) is 9.59 Å². The predicted molar refractivity (Wildman–Crippen MR) is 49.0 cm³/mol. The molecular formula is C10H10N2O2. The molecule has 1 amide bonds. The Morgan fingerprint density at radius 2 is 2.21 bits per heavy atom. The highest BCUT2D eigenvalue weighted by atomic mass is 16.2. The van der Waals surface area contributed by atoms with Gasteiger partial charge >= 0.3 is 0 Å². The van der Waals surface area contributed by atoms with Gasteiger partial charge in [-0.25, -0.2) is 0 Å². The van der Waals surface area contributed by atoms with E-state index in [0.29, 0.717) is 6.42 Å². The van der Waals surface area contributed by atoms with E-state index < -0.39 is 5.91 Å². The third kappa shape index (κ3) is 0.880. The first kappa shape index (κ1) is 7.79. The molecule has 0 bridgehead atoms. The first-order chi connectivity index (χ1) is 6.75. The molecule has 14 heavy (non-hydrogen) atoms. The Kier molecular flexibility index (Phi) is 1.37. The Labute approximate surface area is 81.0 Å². The molecule has 2 heterocycles. The second-order valence-electron chi connectivity index (χ2n) is 3.86.